The zero-order valence-corrected chi connectivity index (χ0v) is 8.03. The van der Waals surface area contributed by atoms with Crippen LogP contribution in [0.4, 0.5) is 6.01 Å². The number of benzene rings is 1. The van der Waals surface area contributed by atoms with Crippen molar-refractivity contribution in [3.63, 3.8) is 0 Å². The van der Waals surface area contributed by atoms with E-state index in [-0.39, 0.29) is 6.01 Å². The van der Waals surface area contributed by atoms with Gasteiger partial charge in [0, 0.05) is 6.42 Å². The van der Waals surface area contributed by atoms with E-state index in [1.54, 1.807) is 6.26 Å². The molecule has 0 aliphatic heterocycles. The van der Waals surface area contributed by atoms with Gasteiger partial charge in [0.15, 0.2) is 0 Å². The van der Waals surface area contributed by atoms with Crippen LogP contribution in [0.2, 0.25) is 0 Å². The summed E-state index contributed by atoms with van der Waals surface area (Å²) in [5.41, 5.74) is 8.72. The molecule has 2 rings (SSSR count). The van der Waals surface area contributed by atoms with Gasteiger partial charge < -0.3 is 10.2 Å². The summed E-state index contributed by atoms with van der Waals surface area (Å²) < 4.78 is 4.93. The topological polar surface area (TPSA) is 52.0 Å². The third kappa shape index (κ3) is 1.93. The lowest BCUT2D eigenvalue weighted by Gasteiger charge is -1.97. The second-order valence-corrected chi connectivity index (χ2v) is 3.34. The molecule has 0 bridgehead atoms. The minimum Gasteiger partial charge on any atom is -0.432 e. The quantitative estimate of drug-likeness (QED) is 0.785. The molecule has 0 amide bonds. The van der Waals surface area contributed by atoms with Gasteiger partial charge in [-0.1, -0.05) is 29.8 Å². The fourth-order valence-corrected chi connectivity index (χ4v) is 1.32. The van der Waals surface area contributed by atoms with Crippen LogP contribution in [0.25, 0.3) is 0 Å². The van der Waals surface area contributed by atoms with Crippen molar-refractivity contribution in [3.05, 3.63) is 47.3 Å². The molecule has 72 valence electrons. The van der Waals surface area contributed by atoms with Gasteiger partial charge in [0.1, 0.15) is 6.26 Å². The average molecular weight is 188 g/mol. The van der Waals surface area contributed by atoms with Crippen LogP contribution in [0, 0.1) is 6.92 Å². The van der Waals surface area contributed by atoms with E-state index in [2.05, 4.69) is 36.2 Å². The molecule has 0 saturated heterocycles. The van der Waals surface area contributed by atoms with Crippen LogP contribution < -0.4 is 5.73 Å². The first kappa shape index (κ1) is 8.81. The van der Waals surface area contributed by atoms with Crippen molar-refractivity contribution < 1.29 is 4.42 Å². The van der Waals surface area contributed by atoms with Gasteiger partial charge in [0.2, 0.25) is 0 Å². The van der Waals surface area contributed by atoms with Gasteiger partial charge in [-0.3, -0.25) is 0 Å². The number of nitrogens with two attached hydrogens (primary N) is 1. The zero-order chi connectivity index (χ0) is 9.97. The highest BCUT2D eigenvalue weighted by Crippen LogP contribution is 2.11. The fourth-order valence-electron chi connectivity index (χ4n) is 1.32. The first-order valence-electron chi connectivity index (χ1n) is 4.49. The van der Waals surface area contributed by atoms with Crippen molar-refractivity contribution in [1.29, 1.82) is 0 Å². The molecule has 14 heavy (non-hydrogen) atoms. The van der Waals surface area contributed by atoms with Gasteiger partial charge in [-0.2, -0.15) is 4.98 Å². The monoisotopic (exact) mass is 188 g/mol. The van der Waals surface area contributed by atoms with Crippen LogP contribution in [0.5, 0.6) is 0 Å². The van der Waals surface area contributed by atoms with E-state index in [0.717, 1.165) is 12.1 Å². The highest BCUT2D eigenvalue weighted by atomic mass is 16.4. The molecule has 1 aromatic heterocycles. The molecular formula is C11H12N2O. The third-order valence-electron chi connectivity index (χ3n) is 2.08. The van der Waals surface area contributed by atoms with Gasteiger partial charge in [0.25, 0.3) is 6.01 Å². The molecule has 3 heteroatoms. The lowest BCUT2D eigenvalue weighted by atomic mass is 10.1. The SMILES string of the molecule is Cc1ccc(Cc2coc(N)n2)cc1. The maximum Gasteiger partial charge on any atom is 0.292 e. The summed E-state index contributed by atoms with van der Waals surface area (Å²) in [6, 6.07) is 8.56. The van der Waals surface area contributed by atoms with Crippen molar-refractivity contribution in [1.82, 2.24) is 4.98 Å². The van der Waals surface area contributed by atoms with Crippen LogP contribution in [-0.4, -0.2) is 4.98 Å². The highest BCUT2D eigenvalue weighted by Gasteiger charge is 2.01. The summed E-state index contributed by atoms with van der Waals surface area (Å²) in [5, 5.41) is 0. The predicted octanol–water partition coefficient (Wildman–Crippen LogP) is 2.16. The molecular weight excluding hydrogens is 176 g/mol. The number of anilines is 1. The van der Waals surface area contributed by atoms with Crippen molar-refractivity contribution in [3.8, 4) is 0 Å². The minimum absolute atomic E-state index is 0.229. The maximum atomic E-state index is 5.38. The highest BCUT2D eigenvalue weighted by molar-refractivity contribution is 5.26. The summed E-state index contributed by atoms with van der Waals surface area (Å²) in [4.78, 5) is 4.04. The Labute approximate surface area is 82.6 Å². The molecule has 0 aliphatic rings. The van der Waals surface area contributed by atoms with Gasteiger partial charge in [-0.15, -0.1) is 0 Å². The number of aryl methyl sites for hydroxylation is 1. The van der Waals surface area contributed by atoms with Crippen LogP contribution in [0.3, 0.4) is 0 Å². The van der Waals surface area contributed by atoms with Gasteiger partial charge in [0.05, 0.1) is 5.69 Å². The number of aromatic nitrogens is 1. The summed E-state index contributed by atoms with van der Waals surface area (Å²) in [6.07, 6.45) is 2.36. The largest absolute Gasteiger partial charge is 0.432 e. The molecule has 1 heterocycles. The molecule has 3 nitrogen and oxygen atoms in total. The molecule has 0 saturated carbocycles. The van der Waals surface area contributed by atoms with E-state index >= 15 is 0 Å². The predicted molar refractivity (Wildman–Crippen MR) is 54.9 cm³/mol. The first-order chi connectivity index (χ1) is 6.74. The lowest BCUT2D eigenvalue weighted by Crippen LogP contribution is -1.89. The van der Waals surface area contributed by atoms with E-state index in [0.29, 0.717) is 0 Å². The normalized spacial score (nSPS) is 10.4. The Morgan fingerprint density at radius 3 is 2.57 bits per heavy atom. The number of nitrogen functional groups attached to an aromatic ring is 1. The standard InChI is InChI=1S/C11H12N2O/c1-8-2-4-9(5-3-8)6-10-7-14-11(12)13-10/h2-5,7H,6H2,1H3,(H2,12,13). The molecule has 0 aliphatic carbocycles. The molecule has 0 fully saturated rings. The van der Waals surface area contributed by atoms with Crippen LogP contribution in [-0.2, 0) is 6.42 Å². The second kappa shape index (κ2) is 3.54. The molecule has 0 unspecified atom stereocenters. The average Bonchev–Trinajstić information content (AvgIpc) is 2.56. The summed E-state index contributed by atoms with van der Waals surface area (Å²) in [5.74, 6) is 0. The van der Waals surface area contributed by atoms with E-state index < -0.39 is 0 Å². The van der Waals surface area contributed by atoms with Crippen molar-refractivity contribution >= 4 is 6.01 Å². The maximum absolute atomic E-state index is 5.38. The molecule has 0 radical (unpaired) electrons. The van der Waals surface area contributed by atoms with Crippen molar-refractivity contribution in [2.24, 2.45) is 0 Å². The number of hydrogen-bond donors (Lipinski definition) is 1. The molecule has 0 spiro atoms. The van der Waals surface area contributed by atoms with Gasteiger partial charge in [-0.05, 0) is 12.5 Å². The fraction of sp³-hybridized carbons (Fsp3) is 0.182. The van der Waals surface area contributed by atoms with E-state index in [4.69, 9.17) is 10.2 Å². The Hall–Kier alpha value is -1.77. The van der Waals surface area contributed by atoms with Crippen LogP contribution in [0.15, 0.2) is 34.9 Å². The van der Waals surface area contributed by atoms with E-state index in [1.165, 1.54) is 11.1 Å². The number of rotatable bonds is 2. The smallest absolute Gasteiger partial charge is 0.292 e. The Morgan fingerprint density at radius 1 is 1.29 bits per heavy atom. The molecule has 1 aromatic carbocycles. The molecule has 2 N–H and O–H groups in total. The van der Waals surface area contributed by atoms with E-state index in [1.807, 2.05) is 0 Å². The lowest BCUT2D eigenvalue weighted by molar-refractivity contribution is 0.579. The second-order valence-electron chi connectivity index (χ2n) is 3.34. The van der Waals surface area contributed by atoms with Gasteiger partial charge >= 0.3 is 0 Å². The molecule has 0 atom stereocenters. The first-order valence-corrected chi connectivity index (χ1v) is 4.49. The summed E-state index contributed by atoms with van der Waals surface area (Å²) >= 11 is 0. The Morgan fingerprint density at radius 2 is 2.00 bits per heavy atom. The molecule has 2 aromatic rings. The minimum atomic E-state index is 0.229. The summed E-state index contributed by atoms with van der Waals surface area (Å²) in [6.45, 7) is 2.07. The number of oxazole rings is 1. The van der Waals surface area contributed by atoms with Crippen LogP contribution >= 0.6 is 0 Å². The van der Waals surface area contributed by atoms with Gasteiger partial charge in [-0.25, -0.2) is 0 Å². The summed E-state index contributed by atoms with van der Waals surface area (Å²) in [7, 11) is 0. The number of nitrogens with zero attached hydrogens (tertiary/aromatic N) is 1. The third-order valence-corrected chi connectivity index (χ3v) is 2.08. The zero-order valence-electron chi connectivity index (χ0n) is 8.03. The van der Waals surface area contributed by atoms with E-state index in [9.17, 15) is 0 Å². The Kier molecular flexibility index (Phi) is 2.23. The van der Waals surface area contributed by atoms with Crippen molar-refractivity contribution in [2.75, 3.05) is 5.73 Å². The van der Waals surface area contributed by atoms with Crippen molar-refractivity contribution in [2.45, 2.75) is 13.3 Å². The van der Waals surface area contributed by atoms with Crippen LogP contribution in [0.1, 0.15) is 16.8 Å². The Bertz CT molecular complexity index is 417. The number of hydrogen-bond acceptors (Lipinski definition) is 3. The Balaban J connectivity index is 2.15.